The van der Waals surface area contributed by atoms with Gasteiger partial charge in [0.25, 0.3) is 0 Å². The van der Waals surface area contributed by atoms with E-state index in [9.17, 15) is 13.4 Å². The number of hydrogen-bond acceptors (Lipinski definition) is 2. The smallest absolute Gasteiger partial charge is 0.307 e. The maximum atomic E-state index is 15.5. The van der Waals surface area contributed by atoms with Crippen molar-refractivity contribution in [1.29, 1.82) is 0 Å². The van der Waals surface area contributed by atoms with Gasteiger partial charge in [0.05, 0.1) is 11.4 Å². The fourth-order valence-corrected chi connectivity index (χ4v) is 4.18. The quantitative estimate of drug-likeness (QED) is 0.561. The van der Waals surface area contributed by atoms with E-state index in [1.165, 1.54) is 30.5 Å². The first kappa shape index (κ1) is 21.2. The molecule has 1 atom stereocenters. The number of hydrogen-bond donors (Lipinski definition) is 1. The number of rotatable bonds is 5. The summed E-state index contributed by atoms with van der Waals surface area (Å²) >= 11 is 6.07. The van der Waals surface area contributed by atoms with Crippen LogP contribution in [-0.2, 0) is 26.7 Å². The summed E-state index contributed by atoms with van der Waals surface area (Å²) in [6, 6.07) is 9.37. The lowest BCUT2D eigenvalue weighted by Gasteiger charge is -2.22. The topological polar surface area (TPSA) is 54.4 Å². The molecular weight excluding hydrogens is 425 g/mol. The fourth-order valence-electron chi connectivity index (χ4n) is 3.09. The van der Waals surface area contributed by atoms with Gasteiger partial charge in [-0.15, -0.1) is 0 Å². The van der Waals surface area contributed by atoms with E-state index < -0.39 is 44.8 Å². The molecule has 29 heavy (non-hydrogen) atoms. The van der Waals surface area contributed by atoms with Gasteiger partial charge in [0.15, 0.2) is 0 Å². The Morgan fingerprint density at radius 2 is 1.83 bits per heavy atom. The van der Waals surface area contributed by atoms with Crippen molar-refractivity contribution in [3.05, 3.63) is 76.1 Å². The van der Waals surface area contributed by atoms with Gasteiger partial charge in [-0.05, 0) is 68.1 Å². The molecule has 1 N–H and O–H groups in total. The molecule has 0 radical (unpaired) electrons. The minimum Gasteiger partial charge on any atom is -0.481 e. The van der Waals surface area contributed by atoms with Crippen molar-refractivity contribution >= 4 is 43.7 Å². The van der Waals surface area contributed by atoms with Crippen molar-refractivity contribution in [1.82, 2.24) is 0 Å². The Balaban J connectivity index is 2.27. The van der Waals surface area contributed by atoms with Gasteiger partial charge in [0, 0.05) is 22.3 Å². The van der Waals surface area contributed by atoms with E-state index in [-0.39, 0.29) is 26.3 Å². The summed E-state index contributed by atoms with van der Waals surface area (Å²) in [5.74, 6) is -2.04. The number of carboxylic acids is 1. The summed E-state index contributed by atoms with van der Waals surface area (Å²) in [5.41, 5.74) is -0.981. The van der Waals surface area contributed by atoms with Crippen molar-refractivity contribution in [2.75, 3.05) is 6.26 Å². The lowest BCUT2D eigenvalue weighted by molar-refractivity contribution is -0.136. The van der Waals surface area contributed by atoms with Gasteiger partial charge in [-0.2, -0.15) is 8.78 Å². The predicted octanol–water partition coefficient (Wildman–Crippen LogP) is 5.10. The zero-order valence-corrected chi connectivity index (χ0v) is 16.8. The molecule has 0 aliphatic rings. The summed E-state index contributed by atoms with van der Waals surface area (Å²) < 4.78 is 56.9. The lowest BCUT2D eigenvalue weighted by atomic mass is 9.92. The summed E-state index contributed by atoms with van der Waals surface area (Å²) in [7, 11) is -2.66. The van der Waals surface area contributed by atoms with E-state index in [0.29, 0.717) is 0 Å². The highest BCUT2D eigenvalue weighted by Gasteiger charge is 2.38. The van der Waals surface area contributed by atoms with Crippen LogP contribution in [0.25, 0.3) is 10.8 Å². The van der Waals surface area contributed by atoms with Crippen molar-refractivity contribution in [3.63, 3.8) is 0 Å². The Labute approximate surface area is 170 Å². The monoisotopic (exact) mass is 440 g/mol. The van der Waals surface area contributed by atoms with Gasteiger partial charge >= 0.3 is 11.9 Å². The van der Waals surface area contributed by atoms with Crippen LogP contribution in [0.15, 0.2) is 53.4 Å². The molecule has 0 spiro atoms. The molecule has 0 aliphatic carbocycles. The Hall–Kier alpha value is -2.51. The molecule has 0 aliphatic heterocycles. The average Bonchev–Trinajstić information content (AvgIpc) is 2.59. The van der Waals surface area contributed by atoms with Crippen LogP contribution in [0, 0.1) is 5.82 Å². The molecule has 0 bridgehead atoms. The number of carboxylic acid groups (broad SMARTS) is 1. The maximum Gasteiger partial charge on any atom is 0.307 e. The number of aliphatic carboxylic acids is 1. The minimum absolute atomic E-state index is 0.0549. The lowest BCUT2D eigenvalue weighted by Crippen LogP contribution is -2.18. The summed E-state index contributed by atoms with van der Waals surface area (Å²) in [4.78, 5) is 11.3. The molecule has 0 aromatic heterocycles. The molecule has 0 saturated carbocycles. The second-order valence-corrected chi connectivity index (χ2v) is 9.69. The highest BCUT2D eigenvalue weighted by atomic mass is 35.5. The molecule has 3 aromatic carbocycles. The third kappa shape index (κ3) is 4.26. The zero-order valence-electron chi connectivity index (χ0n) is 15.2. The van der Waals surface area contributed by atoms with Crippen LogP contribution in [0.3, 0.4) is 0 Å². The first-order valence-corrected chi connectivity index (χ1v) is 10.9. The standard InChI is InChI=1S/C21H16ClF3O3S/c1-29(2,28)15-5-6-17(19(22)11-15)21(24,25)18-8-12(9-20(26)27)7-13-3-4-14(23)10-16(13)18/h3-8,10-11H,1,9H2,2H3,(H,26,27). The molecule has 3 aromatic rings. The highest BCUT2D eigenvalue weighted by Crippen LogP contribution is 2.43. The van der Waals surface area contributed by atoms with Crippen molar-refractivity contribution in [2.24, 2.45) is 0 Å². The molecule has 152 valence electrons. The number of fused-ring (bicyclic) bond motifs is 1. The second kappa shape index (κ2) is 7.39. The molecule has 1 unspecified atom stereocenters. The molecule has 0 saturated heterocycles. The maximum absolute atomic E-state index is 15.5. The van der Waals surface area contributed by atoms with E-state index in [4.69, 9.17) is 16.7 Å². The Morgan fingerprint density at radius 1 is 1.14 bits per heavy atom. The number of benzene rings is 3. The highest BCUT2D eigenvalue weighted by molar-refractivity contribution is 7.99. The van der Waals surface area contributed by atoms with Crippen LogP contribution >= 0.6 is 11.6 Å². The van der Waals surface area contributed by atoms with Crippen LogP contribution in [0.2, 0.25) is 5.02 Å². The third-order valence-corrected chi connectivity index (χ3v) is 6.01. The van der Waals surface area contributed by atoms with E-state index in [0.717, 1.165) is 24.3 Å². The number of carbonyl (C=O) groups is 1. The van der Waals surface area contributed by atoms with Crippen LogP contribution in [0.4, 0.5) is 13.2 Å². The molecule has 8 heteroatoms. The van der Waals surface area contributed by atoms with Gasteiger partial charge < -0.3 is 5.11 Å². The van der Waals surface area contributed by atoms with Crippen LogP contribution < -0.4 is 0 Å². The Morgan fingerprint density at radius 3 is 2.41 bits per heavy atom. The Bertz CT molecular complexity index is 1240. The van der Waals surface area contributed by atoms with Gasteiger partial charge in [-0.3, -0.25) is 9.00 Å². The molecule has 3 nitrogen and oxygen atoms in total. The molecule has 0 amide bonds. The number of halogens is 4. The molecular formula is C21H16ClF3O3S. The first-order valence-electron chi connectivity index (χ1n) is 8.34. The zero-order chi connectivity index (χ0) is 21.6. The van der Waals surface area contributed by atoms with Gasteiger partial charge in [-0.25, -0.2) is 4.39 Å². The van der Waals surface area contributed by atoms with Gasteiger partial charge in [-0.1, -0.05) is 23.7 Å². The van der Waals surface area contributed by atoms with Gasteiger partial charge in [0.1, 0.15) is 5.82 Å². The van der Waals surface area contributed by atoms with Crippen molar-refractivity contribution < 1.29 is 27.3 Å². The fraction of sp³-hybridized carbons (Fsp3) is 0.143. The van der Waals surface area contributed by atoms with Crippen LogP contribution in [0.1, 0.15) is 16.7 Å². The number of alkyl halides is 2. The summed E-state index contributed by atoms with van der Waals surface area (Å²) in [5, 5.41) is 8.95. The normalized spacial score (nSPS) is 14.0. The first-order chi connectivity index (χ1) is 13.4. The predicted molar refractivity (Wildman–Crippen MR) is 109 cm³/mol. The van der Waals surface area contributed by atoms with Gasteiger partial charge in [0.2, 0.25) is 0 Å². The third-order valence-electron chi connectivity index (χ3n) is 4.45. The molecule has 0 heterocycles. The summed E-state index contributed by atoms with van der Waals surface area (Å²) in [6.07, 6.45) is 0.893. The van der Waals surface area contributed by atoms with E-state index in [1.54, 1.807) is 0 Å². The van der Waals surface area contributed by atoms with E-state index >= 15 is 8.78 Å². The van der Waals surface area contributed by atoms with E-state index in [1.807, 2.05) is 0 Å². The molecule has 3 rings (SSSR count). The van der Waals surface area contributed by atoms with Crippen molar-refractivity contribution in [2.45, 2.75) is 17.2 Å². The SMILES string of the molecule is C=S(C)(=O)c1ccc(C(F)(F)c2cc(CC(=O)O)cc3ccc(F)cc23)c(Cl)c1. The van der Waals surface area contributed by atoms with Crippen molar-refractivity contribution in [3.8, 4) is 0 Å². The average molecular weight is 441 g/mol. The second-order valence-electron chi connectivity index (χ2n) is 6.80. The Kier molecular flexibility index (Phi) is 5.40. The summed E-state index contributed by atoms with van der Waals surface area (Å²) in [6.45, 7) is 0. The van der Waals surface area contributed by atoms with Crippen LogP contribution in [0.5, 0.6) is 0 Å². The minimum atomic E-state index is -3.66. The largest absolute Gasteiger partial charge is 0.481 e. The molecule has 0 fully saturated rings. The van der Waals surface area contributed by atoms with E-state index in [2.05, 4.69) is 5.87 Å². The van der Waals surface area contributed by atoms with Crippen LogP contribution in [-0.4, -0.2) is 27.4 Å².